The summed E-state index contributed by atoms with van der Waals surface area (Å²) in [5.74, 6) is -1.25. The molecule has 5 N–H and O–H groups in total. The molecule has 3 atom stereocenters. The first-order chi connectivity index (χ1) is 24.4. The van der Waals surface area contributed by atoms with Crippen LogP contribution in [0, 0.1) is 5.92 Å². The van der Waals surface area contributed by atoms with Crippen LogP contribution in [0.15, 0.2) is 36.0 Å². The number of hydrogen-bond acceptors (Lipinski definition) is 10. The van der Waals surface area contributed by atoms with Gasteiger partial charge in [0.05, 0.1) is 13.2 Å². The lowest BCUT2D eigenvalue weighted by atomic mass is 10.0. The van der Waals surface area contributed by atoms with Crippen molar-refractivity contribution in [2.75, 3.05) is 39.9 Å². The third-order valence-electron chi connectivity index (χ3n) is 8.33. The van der Waals surface area contributed by atoms with E-state index < -0.39 is 30.0 Å². The van der Waals surface area contributed by atoms with E-state index in [0.29, 0.717) is 73.9 Å². The number of aliphatic hydroxyl groups is 1. The maximum absolute atomic E-state index is 13.5. The van der Waals surface area contributed by atoms with Crippen molar-refractivity contribution < 1.29 is 38.6 Å². The van der Waals surface area contributed by atoms with Crippen molar-refractivity contribution in [1.82, 2.24) is 35.6 Å². The predicted molar refractivity (Wildman–Crippen MR) is 191 cm³/mol. The molecule has 5 amide bonds. The lowest BCUT2D eigenvalue weighted by Crippen LogP contribution is -2.57. The zero-order valence-corrected chi connectivity index (χ0v) is 30.4. The number of rotatable bonds is 5. The molecule has 5 rings (SSSR count). The lowest BCUT2D eigenvalue weighted by molar-refractivity contribution is -0.134. The molecule has 2 aliphatic heterocycles. The van der Waals surface area contributed by atoms with Crippen LogP contribution in [0.2, 0.25) is 0 Å². The van der Waals surface area contributed by atoms with E-state index in [4.69, 9.17) is 9.47 Å². The Labute approximate surface area is 301 Å². The second-order valence-corrected chi connectivity index (χ2v) is 13.8. The van der Waals surface area contributed by atoms with Gasteiger partial charge in [-0.2, -0.15) is 0 Å². The number of aromatic nitrogens is 2. The topological polar surface area (TPSA) is 193 Å². The number of aliphatic hydroxyl groups excluding tert-OH is 1. The fraction of sp³-hybridized carbons (Fsp3) is 0.543. The number of imidazole rings is 1. The van der Waals surface area contributed by atoms with Gasteiger partial charge in [-0.3, -0.25) is 28.4 Å². The van der Waals surface area contributed by atoms with Crippen LogP contribution in [-0.4, -0.2) is 107 Å². The highest BCUT2D eigenvalue weighted by Gasteiger charge is 2.30. The molecule has 2 bridgehead atoms. The standard InChI is InChI=1S/C35H49N7O8S/c1-22(2)18-25-32(46)40-31(23(3)43)33(47)37-12-5-6-14-41(34(48)26-20-42-16-17-51-35(42)39-26)15-7-13-36-30(45)21-50-27-10-8-24(19-28(27)49-4)9-11-29(44)38-25/h8,10,16-17,19-20,22-23,25,31,43H,5-7,9,11-15,18,21H2,1-4H3,(H,36,45)(H,37,47)(H,38,44)(H,40,46)/t23-,25-,31+/m1/s1. The molecule has 16 heteroatoms. The first-order valence-electron chi connectivity index (χ1n) is 17.3. The van der Waals surface area contributed by atoms with Gasteiger partial charge in [-0.1, -0.05) is 19.9 Å². The molecule has 0 aliphatic carbocycles. The quantitative estimate of drug-likeness (QED) is 0.243. The molecule has 51 heavy (non-hydrogen) atoms. The average molecular weight is 728 g/mol. The SMILES string of the molecule is COc1cc2ccc1OCC(=O)NCCCN(C(=O)c1cn3ccsc3n1)CCCCNC(=O)[C@H]([C@@H](C)O)NC(=O)[C@@H](CC(C)C)NC(=O)CC2. The van der Waals surface area contributed by atoms with Gasteiger partial charge in [0.2, 0.25) is 17.7 Å². The summed E-state index contributed by atoms with van der Waals surface area (Å²) >= 11 is 1.42. The Morgan fingerprint density at radius 3 is 2.51 bits per heavy atom. The Hall–Kier alpha value is -4.70. The molecule has 2 aliphatic rings. The third kappa shape index (κ3) is 11.7. The largest absolute Gasteiger partial charge is 0.493 e. The van der Waals surface area contributed by atoms with E-state index in [0.717, 1.165) is 5.56 Å². The number of benzene rings is 1. The zero-order chi connectivity index (χ0) is 36.9. The minimum absolute atomic E-state index is 0.0517. The molecule has 2 aromatic heterocycles. The smallest absolute Gasteiger partial charge is 0.274 e. The molecular weight excluding hydrogens is 678 g/mol. The van der Waals surface area contributed by atoms with Crippen LogP contribution in [-0.2, 0) is 25.6 Å². The average Bonchev–Trinajstić information content (AvgIpc) is 3.71. The second-order valence-electron chi connectivity index (χ2n) is 13.0. The molecule has 1 aromatic carbocycles. The number of nitrogens with zero attached hydrogens (tertiary/aromatic N) is 3. The van der Waals surface area contributed by atoms with Gasteiger partial charge in [-0.05, 0) is 62.6 Å². The highest BCUT2D eigenvalue weighted by atomic mass is 32.1. The molecule has 0 radical (unpaired) electrons. The number of nitrogens with one attached hydrogen (secondary N) is 4. The van der Waals surface area contributed by atoms with E-state index in [9.17, 15) is 29.1 Å². The van der Waals surface area contributed by atoms with E-state index in [1.165, 1.54) is 25.4 Å². The van der Waals surface area contributed by atoms with Gasteiger partial charge in [0, 0.05) is 50.4 Å². The molecule has 4 heterocycles. The minimum Gasteiger partial charge on any atom is -0.493 e. The van der Waals surface area contributed by atoms with Gasteiger partial charge in [-0.25, -0.2) is 4.98 Å². The number of thiazole rings is 1. The summed E-state index contributed by atoms with van der Waals surface area (Å²) in [7, 11) is 1.48. The summed E-state index contributed by atoms with van der Waals surface area (Å²) in [5.41, 5.74) is 1.10. The van der Waals surface area contributed by atoms with E-state index in [1.54, 1.807) is 33.7 Å². The molecule has 0 saturated carbocycles. The third-order valence-corrected chi connectivity index (χ3v) is 9.10. The lowest BCUT2D eigenvalue weighted by Gasteiger charge is -2.26. The van der Waals surface area contributed by atoms with Crippen molar-refractivity contribution in [1.29, 1.82) is 0 Å². The van der Waals surface area contributed by atoms with Gasteiger partial charge in [0.15, 0.2) is 23.1 Å². The Morgan fingerprint density at radius 2 is 1.78 bits per heavy atom. The van der Waals surface area contributed by atoms with E-state index >= 15 is 0 Å². The summed E-state index contributed by atoms with van der Waals surface area (Å²) < 4.78 is 13.0. The van der Waals surface area contributed by atoms with Gasteiger partial charge in [-0.15, -0.1) is 11.3 Å². The number of hydrogen-bond donors (Lipinski definition) is 5. The maximum Gasteiger partial charge on any atom is 0.274 e. The van der Waals surface area contributed by atoms with Crippen LogP contribution in [0.4, 0.5) is 0 Å². The summed E-state index contributed by atoms with van der Waals surface area (Å²) in [6, 6.07) is 3.01. The summed E-state index contributed by atoms with van der Waals surface area (Å²) in [4.78, 5) is 72.4. The van der Waals surface area contributed by atoms with Crippen molar-refractivity contribution in [3.63, 3.8) is 0 Å². The van der Waals surface area contributed by atoms with Crippen molar-refractivity contribution in [3.05, 3.63) is 47.2 Å². The number of amides is 5. The molecule has 0 unspecified atom stereocenters. The van der Waals surface area contributed by atoms with E-state index in [2.05, 4.69) is 26.3 Å². The first-order valence-corrected chi connectivity index (χ1v) is 18.2. The van der Waals surface area contributed by atoms with Crippen LogP contribution in [0.3, 0.4) is 0 Å². The molecule has 15 nitrogen and oxygen atoms in total. The zero-order valence-electron chi connectivity index (χ0n) is 29.6. The van der Waals surface area contributed by atoms with Crippen LogP contribution < -0.4 is 30.7 Å². The van der Waals surface area contributed by atoms with Gasteiger partial charge >= 0.3 is 0 Å². The van der Waals surface area contributed by atoms with Gasteiger partial charge < -0.3 is 40.7 Å². The first kappa shape index (κ1) is 39.1. The van der Waals surface area contributed by atoms with Crippen molar-refractivity contribution >= 4 is 45.8 Å². The molecule has 0 saturated heterocycles. The Bertz CT molecular complexity index is 1630. The number of carbonyl (C=O) groups excluding carboxylic acids is 5. The number of fused-ring (bicyclic) bond motifs is 24. The molecular formula is C35H49N7O8S. The summed E-state index contributed by atoms with van der Waals surface area (Å²) in [6.07, 6.45) is 4.61. The Balaban J connectivity index is 1.49. The Morgan fingerprint density at radius 1 is 1.02 bits per heavy atom. The molecule has 0 fully saturated rings. The van der Waals surface area contributed by atoms with Crippen LogP contribution in [0.25, 0.3) is 4.96 Å². The fourth-order valence-corrected chi connectivity index (χ4v) is 6.32. The molecule has 0 spiro atoms. The predicted octanol–water partition coefficient (Wildman–Crippen LogP) is 1.67. The van der Waals surface area contributed by atoms with Crippen LogP contribution >= 0.6 is 11.3 Å². The summed E-state index contributed by atoms with van der Waals surface area (Å²) in [6.45, 7) is 6.29. The van der Waals surface area contributed by atoms with Gasteiger partial charge in [0.25, 0.3) is 11.8 Å². The van der Waals surface area contributed by atoms with Crippen molar-refractivity contribution in [3.8, 4) is 11.5 Å². The number of carbonyl (C=O) groups is 5. The fourth-order valence-electron chi connectivity index (χ4n) is 5.62. The molecule has 278 valence electrons. The highest BCUT2D eigenvalue weighted by molar-refractivity contribution is 7.15. The van der Waals surface area contributed by atoms with E-state index in [-0.39, 0.29) is 43.2 Å². The number of aryl methyl sites for hydroxylation is 1. The van der Waals surface area contributed by atoms with Gasteiger partial charge in [0.1, 0.15) is 17.8 Å². The molecule has 3 aromatic rings. The maximum atomic E-state index is 13.5. The summed E-state index contributed by atoms with van der Waals surface area (Å²) in [5, 5.41) is 23.3. The van der Waals surface area contributed by atoms with Crippen LogP contribution in [0.5, 0.6) is 11.5 Å². The van der Waals surface area contributed by atoms with Crippen molar-refractivity contribution in [2.45, 2.75) is 77.5 Å². The normalized spacial score (nSPS) is 20.2. The second kappa shape index (κ2) is 19.1. The number of ether oxygens (including phenoxy) is 2. The van der Waals surface area contributed by atoms with E-state index in [1.807, 2.05) is 25.4 Å². The monoisotopic (exact) mass is 727 g/mol. The number of methoxy groups -OCH3 is 1. The van der Waals surface area contributed by atoms with Crippen molar-refractivity contribution in [2.24, 2.45) is 5.92 Å². The van der Waals surface area contributed by atoms with Crippen LogP contribution in [0.1, 0.15) is 68.9 Å². The Kier molecular flexibility index (Phi) is 14.6. The minimum atomic E-state index is -1.24. The highest BCUT2D eigenvalue weighted by Crippen LogP contribution is 2.28.